The molecule has 0 bridgehead atoms. The molecule has 13 heavy (non-hydrogen) atoms. The molecule has 1 rings (SSSR count). The zero-order chi connectivity index (χ0) is 9.84. The summed E-state index contributed by atoms with van der Waals surface area (Å²) in [6, 6.07) is 5.36. The van der Waals surface area contributed by atoms with Gasteiger partial charge in [0.1, 0.15) is 5.75 Å². The second-order valence-corrected chi connectivity index (χ2v) is 3.30. The molecule has 0 saturated heterocycles. The van der Waals surface area contributed by atoms with Crippen LogP contribution in [0.1, 0.15) is 0 Å². The Bertz CT molecular complexity index is 334. The van der Waals surface area contributed by atoms with E-state index in [4.69, 9.17) is 16.2 Å². The summed E-state index contributed by atoms with van der Waals surface area (Å²) >= 11 is 3.31. The zero-order valence-electron chi connectivity index (χ0n) is 7.12. The maximum absolute atomic E-state index is 5.24. The number of nitrogens with two attached hydrogens (primary N) is 2. The first-order valence-electron chi connectivity index (χ1n) is 3.56. The molecule has 0 aliphatic heterocycles. The minimum atomic E-state index is 0.0279. The number of benzene rings is 1. The molecule has 4 N–H and O–H groups in total. The van der Waals surface area contributed by atoms with Crippen molar-refractivity contribution in [2.45, 2.75) is 0 Å². The van der Waals surface area contributed by atoms with Crippen molar-refractivity contribution in [2.75, 3.05) is 7.11 Å². The van der Waals surface area contributed by atoms with Crippen LogP contribution in [0.15, 0.2) is 27.7 Å². The second-order valence-electron chi connectivity index (χ2n) is 2.39. The summed E-state index contributed by atoms with van der Waals surface area (Å²) in [5.41, 5.74) is 11.1. The maximum atomic E-state index is 5.24. The molecular formula is C8H10BrN3O. The molecule has 4 nitrogen and oxygen atoms in total. The molecular weight excluding hydrogens is 234 g/mol. The quantitative estimate of drug-likeness (QED) is 0.609. The number of guanidine groups is 1. The summed E-state index contributed by atoms with van der Waals surface area (Å²) in [7, 11) is 1.58. The van der Waals surface area contributed by atoms with E-state index in [0.717, 1.165) is 4.47 Å². The van der Waals surface area contributed by atoms with Gasteiger partial charge in [0.15, 0.2) is 5.96 Å². The second kappa shape index (κ2) is 4.13. The van der Waals surface area contributed by atoms with E-state index in [0.29, 0.717) is 11.4 Å². The molecule has 0 amide bonds. The number of nitrogens with zero attached hydrogens (tertiary/aromatic N) is 1. The average molecular weight is 244 g/mol. The van der Waals surface area contributed by atoms with Crippen molar-refractivity contribution in [1.29, 1.82) is 0 Å². The number of aliphatic imine (C=N–C) groups is 1. The highest BCUT2D eigenvalue weighted by Crippen LogP contribution is 2.26. The molecule has 0 heterocycles. The Morgan fingerprint density at radius 2 is 2.08 bits per heavy atom. The van der Waals surface area contributed by atoms with Crippen LogP contribution in [0.25, 0.3) is 0 Å². The van der Waals surface area contributed by atoms with E-state index < -0.39 is 0 Å². The summed E-state index contributed by atoms with van der Waals surface area (Å²) < 4.78 is 5.90. The Morgan fingerprint density at radius 3 is 2.62 bits per heavy atom. The third-order valence-corrected chi connectivity index (χ3v) is 1.81. The third kappa shape index (κ3) is 2.95. The first-order chi connectivity index (χ1) is 6.11. The van der Waals surface area contributed by atoms with E-state index in [9.17, 15) is 0 Å². The lowest BCUT2D eigenvalue weighted by Crippen LogP contribution is -2.21. The fourth-order valence-electron chi connectivity index (χ4n) is 0.879. The molecule has 0 spiro atoms. The number of halogens is 1. The lowest BCUT2D eigenvalue weighted by atomic mass is 10.3. The molecule has 5 heteroatoms. The molecule has 0 atom stereocenters. The lowest BCUT2D eigenvalue weighted by molar-refractivity contribution is 0.414. The van der Waals surface area contributed by atoms with Crippen molar-refractivity contribution in [3.05, 3.63) is 22.7 Å². The van der Waals surface area contributed by atoms with Crippen molar-refractivity contribution in [3.8, 4) is 5.75 Å². The highest BCUT2D eigenvalue weighted by Gasteiger charge is 1.98. The molecule has 1 aromatic rings. The number of hydrogen-bond donors (Lipinski definition) is 2. The van der Waals surface area contributed by atoms with Gasteiger partial charge in [-0.25, -0.2) is 4.99 Å². The van der Waals surface area contributed by atoms with E-state index in [1.54, 1.807) is 19.2 Å². The van der Waals surface area contributed by atoms with Gasteiger partial charge in [0.25, 0.3) is 0 Å². The van der Waals surface area contributed by atoms with Gasteiger partial charge in [-0.05, 0) is 12.1 Å². The third-order valence-electron chi connectivity index (χ3n) is 1.35. The summed E-state index contributed by atoms with van der Waals surface area (Å²) in [4.78, 5) is 3.89. The zero-order valence-corrected chi connectivity index (χ0v) is 8.71. The molecule has 0 fully saturated rings. The Balaban J connectivity index is 3.09. The van der Waals surface area contributed by atoms with Crippen LogP contribution in [-0.4, -0.2) is 13.1 Å². The molecule has 0 aliphatic carbocycles. The van der Waals surface area contributed by atoms with Crippen LogP contribution in [0, 0.1) is 0 Å². The van der Waals surface area contributed by atoms with E-state index in [1.807, 2.05) is 6.07 Å². The molecule has 0 aliphatic rings. The van der Waals surface area contributed by atoms with Gasteiger partial charge in [0, 0.05) is 10.5 Å². The van der Waals surface area contributed by atoms with Gasteiger partial charge in [-0.1, -0.05) is 15.9 Å². The van der Waals surface area contributed by atoms with Gasteiger partial charge in [-0.3, -0.25) is 0 Å². The monoisotopic (exact) mass is 243 g/mol. The largest absolute Gasteiger partial charge is 0.497 e. The van der Waals surface area contributed by atoms with Crippen LogP contribution < -0.4 is 16.2 Å². The van der Waals surface area contributed by atoms with Crippen molar-refractivity contribution in [2.24, 2.45) is 16.5 Å². The SMILES string of the molecule is COc1cc(Br)cc(N=C(N)N)c1. The maximum Gasteiger partial charge on any atom is 0.191 e. The Labute approximate surface area is 84.7 Å². The summed E-state index contributed by atoms with van der Waals surface area (Å²) in [5.74, 6) is 0.731. The van der Waals surface area contributed by atoms with Crippen molar-refractivity contribution in [3.63, 3.8) is 0 Å². The molecule has 0 saturated carbocycles. The summed E-state index contributed by atoms with van der Waals surface area (Å²) in [6.45, 7) is 0. The van der Waals surface area contributed by atoms with Gasteiger partial charge >= 0.3 is 0 Å². The molecule has 0 unspecified atom stereocenters. The molecule has 0 radical (unpaired) electrons. The minimum Gasteiger partial charge on any atom is -0.497 e. The van der Waals surface area contributed by atoms with Crippen LogP contribution in [-0.2, 0) is 0 Å². The van der Waals surface area contributed by atoms with Crippen LogP contribution in [0.5, 0.6) is 5.75 Å². The van der Waals surface area contributed by atoms with Crippen LogP contribution in [0.3, 0.4) is 0 Å². The van der Waals surface area contributed by atoms with Crippen molar-refractivity contribution < 1.29 is 4.74 Å². The number of ether oxygens (including phenoxy) is 1. The first-order valence-corrected chi connectivity index (χ1v) is 4.35. The van der Waals surface area contributed by atoms with Gasteiger partial charge in [0.2, 0.25) is 0 Å². The normalized spacial score (nSPS) is 9.38. The Kier molecular flexibility index (Phi) is 3.13. The van der Waals surface area contributed by atoms with Crippen molar-refractivity contribution >= 4 is 27.6 Å². The predicted molar refractivity (Wildman–Crippen MR) is 56.2 cm³/mol. The first kappa shape index (κ1) is 9.85. The highest BCUT2D eigenvalue weighted by atomic mass is 79.9. The molecule has 0 aromatic heterocycles. The Morgan fingerprint density at radius 1 is 1.38 bits per heavy atom. The van der Waals surface area contributed by atoms with Gasteiger partial charge in [-0.15, -0.1) is 0 Å². The summed E-state index contributed by atoms with van der Waals surface area (Å²) in [6.07, 6.45) is 0. The van der Waals surface area contributed by atoms with Crippen LogP contribution >= 0.6 is 15.9 Å². The molecule has 70 valence electrons. The van der Waals surface area contributed by atoms with Crippen LogP contribution in [0.2, 0.25) is 0 Å². The van der Waals surface area contributed by atoms with E-state index >= 15 is 0 Å². The summed E-state index contributed by atoms with van der Waals surface area (Å²) in [5, 5.41) is 0. The lowest BCUT2D eigenvalue weighted by Gasteiger charge is -2.02. The number of hydrogen-bond acceptors (Lipinski definition) is 2. The topological polar surface area (TPSA) is 73.6 Å². The van der Waals surface area contributed by atoms with Crippen molar-refractivity contribution in [1.82, 2.24) is 0 Å². The fourth-order valence-corrected chi connectivity index (χ4v) is 1.34. The fraction of sp³-hybridized carbons (Fsp3) is 0.125. The highest BCUT2D eigenvalue weighted by molar-refractivity contribution is 9.10. The average Bonchev–Trinajstić information content (AvgIpc) is 2.01. The predicted octanol–water partition coefficient (Wildman–Crippen LogP) is 1.36. The Hall–Kier alpha value is -1.23. The van der Waals surface area contributed by atoms with Gasteiger partial charge in [0.05, 0.1) is 12.8 Å². The van der Waals surface area contributed by atoms with E-state index in [1.165, 1.54) is 0 Å². The van der Waals surface area contributed by atoms with E-state index in [-0.39, 0.29) is 5.96 Å². The van der Waals surface area contributed by atoms with E-state index in [2.05, 4.69) is 20.9 Å². The van der Waals surface area contributed by atoms with Crippen LogP contribution in [0.4, 0.5) is 5.69 Å². The number of methoxy groups -OCH3 is 1. The van der Waals surface area contributed by atoms with Gasteiger partial charge in [-0.2, -0.15) is 0 Å². The standard InChI is InChI=1S/C8H10BrN3O/c1-13-7-3-5(9)2-6(4-7)12-8(10)11/h2-4H,1H3,(H4,10,11,12). The van der Waals surface area contributed by atoms with Gasteiger partial charge < -0.3 is 16.2 Å². The minimum absolute atomic E-state index is 0.0279. The smallest absolute Gasteiger partial charge is 0.191 e. The molecule has 1 aromatic carbocycles. The number of rotatable bonds is 2.